The molecule has 0 spiro atoms. The summed E-state index contributed by atoms with van der Waals surface area (Å²) < 4.78 is 29.6. The molecule has 164 valence electrons. The monoisotopic (exact) mass is 441 g/mol. The molecule has 2 aliphatic rings. The summed E-state index contributed by atoms with van der Waals surface area (Å²) in [6.45, 7) is -0.140. The van der Waals surface area contributed by atoms with Crippen LogP contribution in [0.5, 0.6) is 5.75 Å². The fourth-order valence-corrected chi connectivity index (χ4v) is 6.27. The maximum absolute atomic E-state index is 13.0. The molecule has 1 heterocycles. The molecule has 31 heavy (non-hydrogen) atoms. The summed E-state index contributed by atoms with van der Waals surface area (Å²) in [6, 6.07) is 15.6. The van der Waals surface area contributed by atoms with E-state index in [4.69, 9.17) is 4.74 Å². The first-order valence-electron chi connectivity index (χ1n) is 10.8. The van der Waals surface area contributed by atoms with Gasteiger partial charge in [0.2, 0.25) is 0 Å². The number of benzene rings is 2. The van der Waals surface area contributed by atoms with Crippen LogP contribution in [0, 0.1) is 0 Å². The average Bonchev–Trinajstić information content (AvgIpc) is 3.43. The Morgan fingerprint density at radius 1 is 0.871 bits per heavy atom. The molecule has 0 unspecified atom stereocenters. The van der Waals surface area contributed by atoms with Gasteiger partial charge in [-0.1, -0.05) is 43.2 Å². The van der Waals surface area contributed by atoms with Gasteiger partial charge in [0.05, 0.1) is 11.5 Å². The van der Waals surface area contributed by atoms with Crippen molar-refractivity contribution in [1.29, 1.82) is 0 Å². The maximum atomic E-state index is 13.0. The lowest BCUT2D eigenvalue weighted by Crippen LogP contribution is -2.48. The predicted octanol–water partition coefficient (Wildman–Crippen LogP) is 3.25. The van der Waals surface area contributed by atoms with Gasteiger partial charge in [0.25, 0.3) is 5.91 Å². The molecule has 1 aliphatic carbocycles. The van der Waals surface area contributed by atoms with Crippen molar-refractivity contribution in [2.75, 3.05) is 18.1 Å². The Morgan fingerprint density at radius 3 is 2.13 bits per heavy atom. The van der Waals surface area contributed by atoms with Crippen molar-refractivity contribution in [1.82, 2.24) is 4.90 Å². The van der Waals surface area contributed by atoms with Crippen molar-refractivity contribution in [3.05, 3.63) is 65.7 Å². The molecule has 0 N–H and O–H groups in total. The topological polar surface area (TPSA) is 80.8 Å². The lowest BCUT2D eigenvalue weighted by Gasteiger charge is -2.34. The fourth-order valence-electron chi connectivity index (χ4n) is 4.56. The molecule has 2 aromatic rings. The minimum Gasteiger partial charge on any atom is -0.484 e. The lowest BCUT2D eigenvalue weighted by molar-refractivity contribution is -0.137. The van der Waals surface area contributed by atoms with Gasteiger partial charge in [-0.3, -0.25) is 9.59 Å². The molecule has 0 radical (unpaired) electrons. The predicted molar refractivity (Wildman–Crippen MR) is 118 cm³/mol. The third-order valence-corrected chi connectivity index (χ3v) is 7.87. The number of carbonyl (C=O) groups is 2. The van der Waals surface area contributed by atoms with Gasteiger partial charge in [0.15, 0.2) is 22.2 Å². The minimum absolute atomic E-state index is 0.0472. The van der Waals surface area contributed by atoms with Crippen LogP contribution in [-0.4, -0.2) is 55.2 Å². The van der Waals surface area contributed by atoms with E-state index in [-0.39, 0.29) is 41.9 Å². The Morgan fingerprint density at radius 2 is 1.52 bits per heavy atom. The molecule has 2 fully saturated rings. The molecule has 0 bridgehead atoms. The highest BCUT2D eigenvalue weighted by molar-refractivity contribution is 7.91. The van der Waals surface area contributed by atoms with Crippen LogP contribution in [0.15, 0.2) is 54.6 Å². The molecule has 7 heteroatoms. The maximum Gasteiger partial charge on any atom is 0.261 e. The summed E-state index contributed by atoms with van der Waals surface area (Å²) in [5.74, 6) is 0.456. The highest BCUT2D eigenvalue weighted by Gasteiger charge is 2.39. The zero-order chi connectivity index (χ0) is 21.8. The van der Waals surface area contributed by atoms with Crippen LogP contribution in [0.4, 0.5) is 0 Å². The average molecular weight is 442 g/mol. The quantitative estimate of drug-likeness (QED) is 0.616. The number of hydrogen-bond donors (Lipinski definition) is 0. The SMILES string of the molecule is O=C(c1ccccc1)c1ccc(OCC(=O)N(C2CCCC2)[C@@H]2CCS(=O)(=O)C2)cc1. The van der Waals surface area contributed by atoms with Crippen molar-refractivity contribution in [3.8, 4) is 5.75 Å². The second kappa shape index (κ2) is 9.22. The molecule has 1 saturated heterocycles. The van der Waals surface area contributed by atoms with Gasteiger partial charge < -0.3 is 9.64 Å². The number of amides is 1. The van der Waals surface area contributed by atoms with E-state index < -0.39 is 9.84 Å². The van der Waals surface area contributed by atoms with E-state index in [9.17, 15) is 18.0 Å². The summed E-state index contributed by atoms with van der Waals surface area (Å²) in [5, 5.41) is 0. The molecule has 6 nitrogen and oxygen atoms in total. The number of ether oxygens (including phenoxy) is 1. The van der Waals surface area contributed by atoms with Crippen LogP contribution >= 0.6 is 0 Å². The summed E-state index contributed by atoms with van der Waals surface area (Å²) >= 11 is 0. The summed E-state index contributed by atoms with van der Waals surface area (Å²) in [7, 11) is -3.07. The standard InChI is InChI=1S/C24H27NO5S/c26-23(25(20-8-4-5-9-20)21-14-15-31(28,29)17-21)16-30-22-12-10-19(11-13-22)24(27)18-6-2-1-3-7-18/h1-3,6-7,10-13,20-21H,4-5,8-9,14-17H2/t21-/m1/s1. The van der Waals surface area contributed by atoms with Crippen LogP contribution in [0.25, 0.3) is 0 Å². The van der Waals surface area contributed by atoms with E-state index in [1.54, 1.807) is 41.3 Å². The Kier molecular flexibility index (Phi) is 6.41. The van der Waals surface area contributed by atoms with Gasteiger partial charge in [-0.2, -0.15) is 0 Å². The summed E-state index contributed by atoms with van der Waals surface area (Å²) in [4.78, 5) is 27.3. The van der Waals surface area contributed by atoms with E-state index in [0.717, 1.165) is 25.7 Å². The van der Waals surface area contributed by atoms with Crippen molar-refractivity contribution in [2.24, 2.45) is 0 Å². The number of rotatable bonds is 7. The van der Waals surface area contributed by atoms with E-state index in [1.807, 2.05) is 18.2 Å². The van der Waals surface area contributed by atoms with Crippen LogP contribution in [0.3, 0.4) is 0 Å². The van der Waals surface area contributed by atoms with Gasteiger partial charge >= 0.3 is 0 Å². The Bertz CT molecular complexity index is 1030. The first kappa shape index (κ1) is 21.6. The largest absolute Gasteiger partial charge is 0.484 e. The van der Waals surface area contributed by atoms with Crippen molar-refractivity contribution < 1.29 is 22.7 Å². The number of carbonyl (C=O) groups excluding carboxylic acids is 2. The fraction of sp³-hybridized carbons (Fsp3) is 0.417. The van der Waals surface area contributed by atoms with Crippen LogP contribution < -0.4 is 4.74 Å². The number of sulfone groups is 1. The Labute approximate surface area is 183 Å². The molecule has 0 aromatic heterocycles. The van der Waals surface area contributed by atoms with E-state index in [1.165, 1.54) is 0 Å². The van der Waals surface area contributed by atoms with Crippen molar-refractivity contribution >= 4 is 21.5 Å². The second-order valence-corrected chi connectivity index (χ2v) is 10.5. The van der Waals surface area contributed by atoms with Gasteiger partial charge in [0.1, 0.15) is 5.75 Å². The number of hydrogen-bond acceptors (Lipinski definition) is 5. The normalized spacial score (nSPS) is 20.5. The Balaban J connectivity index is 1.40. The highest BCUT2D eigenvalue weighted by atomic mass is 32.2. The van der Waals surface area contributed by atoms with Gasteiger partial charge in [-0.25, -0.2) is 8.42 Å². The smallest absolute Gasteiger partial charge is 0.261 e. The van der Waals surface area contributed by atoms with E-state index in [0.29, 0.717) is 23.3 Å². The van der Waals surface area contributed by atoms with E-state index in [2.05, 4.69) is 0 Å². The van der Waals surface area contributed by atoms with Crippen molar-refractivity contribution in [2.45, 2.75) is 44.2 Å². The Hall–Kier alpha value is -2.67. The highest BCUT2D eigenvalue weighted by Crippen LogP contribution is 2.29. The first-order valence-corrected chi connectivity index (χ1v) is 12.6. The molecular formula is C24H27NO5S. The zero-order valence-electron chi connectivity index (χ0n) is 17.4. The second-order valence-electron chi connectivity index (χ2n) is 8.30. The molecule has 1 amide bonds. The van der Waals surface area contributed by atoms with Crippen LogP contribution in [0.1, 0.15) is 48.0 Å². The molecule has 1 atom stereocenters. The van der Waals surface area contributed by atoms with E-state index >= 15 is 0 Å². The number of nitrogens with zero attached hydrogens (tertiary/aromatic N) is 1. The van der Waals surface area contributed by atoms with Gasteiger partial charge in [-0.15, -0.1) is 0 Å². The molecular weight excluding hydrogens is 414 g/mol. The zero-order valence-corrected chi connectivity index (χ0v) is 18.2. The summed E-state index contributed by atoms with van der Waals surface area (Å²) in [6.07, 6.45) is 4.45. The third-order valence-electron chi connectivity index (χ3n) is 6.12. The van der Waals surface area contributed by atoms with Gasteiger partial charge in [0, 0.05) is 23.2 Å². The van der Waals surface area contributed by atoms with Crippen LogP contribution in [-0.2, 0) is 14.6 Å². The lowest BCUT2D eigenvalue weighted by atomic mass is 10.0. The van der Waals surface area contributed by atoms with Crippen LogP contribution in [0.2, 0.25) is 0 Å². The molecule has 4 rings (SSSR count). The number of ketones is 1. The molecule has 2 aromatic carbocycles. The minimum atomic E-state index is -3.07. The summed E-state index contributed by atoms with van der Waals surface area (Å²) in [5.41, 5.74) is 1.17. The van der Waals surface area contributed by atoms with Gasteiger partial charge in [-0.05, 0) is 43.5 Å². The molecule has 1 aliphatic heterocycles. The first-order chi connectivity index (χ1) is 14.9. The third kappa shape index (κ3) is 5.15. The van der Waals surface area contributed by atoms with Crippen molar-refractivity contribution in [3.63, 3.8) is 0 Å². The molecule has 1 saturated carbocycles.